The number of aromatic nitrogens is 4. The first-order valence-corrected chi connectivity index (χ1v) is 14.4. The van der Waals surface area contributed by atoms with E-state index in [0.29, 0.717) is 51.4 Å². The second-order valence-electron chi connectivity index (χ2n) is 12.8. The monoisotopic (exact) mass is 555 g/mol. The molecule has 0 radical (unpaired) electrons. The Labute approximate surface area is 245 Å². The van der Waals surface area contributed by atoms with E-state index >= 15 is 0 Å². The number of pyridine rings is 1. The highest BCUT2D eigenvalue weighted by Gasteiger charge is 2.56. The van der Waals surface area contributed by atoms with Crippen LogP contribution in [0.25, 0.3) is 10.9 Å². The maximum absolute atomic E-state index is 9.99. The highest BCUT2D eigenvalue weighted by molar-refractivity contribution is 6.01. The van der Waals surface area contributed by atoms with Crippen molar-refractivity contribution in [2.75, 3.05) is 17.2 Å². The molecule has 0 bridgehead atoms. The summed E-state index contributed by atoms with van der Waals surface area (Å²) in [5, 5.41) is 46.7. The summed E-state index contributed by atoms with van der Waals surface area (Å²) in [7, 11) is 0. The van der Waals surface area contributed by atoms with Crippen LogP contribution in [-0.4, -0.2) is 26.5 Å². The predicted molar refractivity (Wildman–Crippen MR) is 160 cm³/mol. The summed E-state index contributed by atoms with van der Waals surface area (Å²) in [6.45, 7) is 8.93. The molecule has 2 N–H and O–H groups in total. The van der Waals surface area contributed by atoms with E-state index in [4.69, 9.17) is 0 Å². The number of hydrogen-bond acceptors (Lipinski definition) is 8. The number of anilines is 2. The molecular formula is C33H33N9. The molecule has 2 aromatic carbocycles. The van der Waals surface area contributed by atoms with Crippen LogP contribution in [0.1, 0.15) is 86.0 Å². The van der Waals surface area contributed by atoms with Gasteiger partial charge in [0.15, 0.2) is 0 Å². The lowest BCUT2D eigenvalue weighted by atomic mass is 9.94. The topological polar surface area (TPSA) is 139 Å². The number of fused-ring (bicyclic) bond motifs is 1. The summed E-state index contributed by atoms with van der Waals surface area (Å²) in [5.74, 6) is 0.663. The minimum absolute atomic E-state index is 0.0319. The van der Waals surface area contributed by atoms with Crippen LogP contribution in [0.3, 0.4) is 0 Å². The van der Waals surface area contributed by atoms with Gasteiger partial charge in [0.2, 0.25) is 0 Å². The Morgan fingerprint density at radius 2 is 1.83 bits per heavy atom. The number of nitrogens with one attached hydrogen (secondary N) is 2. The van der Waals surface area contributed by atoms with Gasteiger partial charge in [-0.2, -0.15) is 15.8 Å². The molecule has 210 valence electrons. The van der Waals surface area contributed by atoms with E-state index in [2.05, 4.69) is 64.9 Å². The summed E-state index contributed by atoms with van der Waals surface area (Å²) in [4.78, 5) is 4.69. The van der Waals surface area contributed by atoms with Gasteiger partial charge in [0.25, 0.3) is 0 Å². The van der Waals surface area contributed by atoms with Crippen LogP contribution in [0.2, 0.25) is 0 Å². The van der Waals surface area contributed by atoms with Crippen molar-refractivity contribution in [3.8, 4) is 18.2 Å². The molecule has 2 aromatic heterocycles. The predicted octanol–water partition coefficient (Wildman–Crippen LogP) is 6.31. The van der Waals surface area contributed by atoms with Crippen molar-refractivity contribution in [2.24, 2.45) is 11.3 Å². The molecule has 6 rings (SSSR count). The zero-order valence-electron chi connectivity index (χ0n) is 24.4. The SMILES string of the molecule is Cc1c(C#N)cccc1[C@H](Nc1cc(C#N)cc2c(NCC(C)(C)C)c(C#N)cnc12)c1cn(C2(C3CC3)CC2)nn1. The van der Waals surface area contributed by atoms with Crippen molar-refractivity contribution >= 4 is 22.3 Å². The summed E-state index contributed by atoms with van der Waals surface area (Å²) in [6, 6.07) is 15.6. The highest BCUT2D eigenvalue weighted by Crippen LogP contribution is 2.59. The standard InChI is InChI=1S/C33H33N9/c1-20-22(15-35)6-5-7-25(20)31(28-18-42(41-40-28)33(10-11-33)24-8-9-24)39-27-13-21(14-34)12-26-29(38-19-32(2,3)4)23(16-36)17-37-30(26)27/h5-7,12-13,17-18,24,31,39H,8-11,19H2,1-4H3,(H,37,38)/t31-/m0/s1. The summed E-state index contributed by atoms with van der Waals surface area (Å²) in [5.41, 5.74) is 5.89. The van der Waals surface area contributed by atoms with Gasteiger partial charge in [0.05, 0.1) is 63.5 Å². The van der Waals surface area contributed by atoms with Crippen LogP contribution in [0.15, 0.2) is 42.7 Å². The Balaban J connectivity index is 1.49. The summed E-state index contributed by atoms with van der Waals surface area (Å²) < 4.78 is 2.05. The number of rotatable bonds is 8. The molecule has 9 nitrogen and oxygen atoms in total. The first-order chi connectivity index (χ1) is 20.2. The molecule has 0 saturated heterocycles. The molecule has 2 aliphatic rings. The van der Waals surface area contributed by atoms with Crippen molar-refractivity contribution in [1.29, 1.82) is 15.8 Å². The third-order valence-electron chi connectivity index (χ3n) is 8.49. The van der Waals surface area contributed by atoms with E-state index in [-0.39, 0.29) is 11.0 Å². The number of benzene rings is 2. The van der Waals surface area contributed by atoms with Crippen LogP contribution >= 0.6 is 0 Å². The molecule has 1 atom stereocenters. The third-order valence-corrected chi connectivity index (χ3v) is 8.49. The van der Waals surface area contributed by atoms with Crippen LogP contribution in [-0.2, 0) is 5.54 Å². The molecule has 42 heavy (non-hydrogen) atoms. The van der Waals surface area contributed by atoms with Gasteiger partial charge in [0.1, 0.15) is 11.8 Å². The van der Waals surface area contributed by atoms with E-state index in [9.17, 15) is 15.8 Å². The van der Waals surface area contributed by atoms with Crippen molar-refractivity contribution in [2.45, 2.75) is 65.0 Å². The van der Waals surface area contributed by atoms with E-state index in [1.54, 1.807) is 18.3 Å². The maximum atomic E-state index is 9.99. The molecule has 9 heteroatoms. The Bertz CT molecular complexity index is 1820. The lowest BCUT2D eigenvalue weighted by Gasteiger charge is -2.24. The van der Waals surface area contributed by atoms with Crippen LogP contribution in [0, 0.1) is 52.2 Å². The summed E-state index contributed by atoms with van der Waals surface area (Å²) >= 11 is 0. The molecule has 0 spiro atoms. The lowest BCUT2D eigenvalue weighted by molar-refractivity contribution is 0.371. The van der Waals surface area contributed by atoms with Gasteiger partial charge in [-0.15, -0.1) is 5.10 Å². The maximum Gasteiger partial charge on any atom is 0.110 e. The van der Waals surface area contributed by atoms with Gasteiger partial charge >= 0.3 is 0 Å². The fourth-order valence-electron chi connectivity index (χ4n) is 5.86. The molecule has 0 unspecified atom stereocenters. The second-order valence-corrected chi connectivity index (χ2v) is 12.8. The molecule has 4 aromatic rings. The Kier molecular flexibility index (Phi) is 6.59. The minimum Gasteiger partial charge on any atom is -0.383 e. The number of nitrogens with zero attached hydrogens (tertiary/aromatic N) is 7. The highest BCUT2D eigenvalue weighted by atomic mass is 15.5. The molecule has 0 amide bonds. The fourth-order valence-corrected chi connectivity index (χ4v) is 5.86. The van der Waals surface area contributed by atoms with Crippen LogP contribution in [0.5, 0.6) is 0 Å². The fraction of sp³-hybridized carbons (Fsp3) is 0.394. The summed E-state index contributed by atoms with van der Waals surface area (Å²) in [6.07, 6.45) is 8.31. The second kappa shape index (κ2) is 10.2. The average Bonchev–Trinajstić information content (AvgIpc) is 3.91. The Morgan fingerprint density at radius 1 is 1.07 bits per heavy atom. The molecule has 0 aliphatic heterocycles. The number of hydrogen-bond donors (Lipinski definition) is 2. The third kappa shape index (κ3) is 4.91. The zero-order chi connectivity index (χ0) is 29.6. The van der Waals surface area contributed by atoms with Gasteiger partial charge in [0, 0.05) is 18.1 Å². The van der Waals surface area contributed by atoms with E-state index in [1.165, 1.54) is 12.8 Å². The Morgan fingerprint density at radius 3 is 2.48 bits per heavy atom. The molecule has 2 saturated carbocycles. The lowest BCUT2D eigenvalue weighted by Crippen LogP contribution is -2.20. The minimum atomic E-state index is -0.456. The molecular weight excluding hydrogens is 522 g/mol. The molecule has 2 heterocycles. The quantitative estimate of drug-likeness (QED) is 0.258. The van der Waals surface area contributed by atoms with Crippen molar-refractivity contribution in [3.05, 3.63) is 76.2 Å². The van der Waals surface area contributed by atoms with Gasteiger partial charge in [-0.05, 0) is 73.3 Å². The van der Waals surface area contributed by atoms with Gasteiger partial charge in [-0.1, -0.05) is 38.1 Å². The number of nitriles is 3. The van der Waals surface area contributed by atoms with Gasteiger partial charge in [-0.25, -0.2) is 4.68 Å². The van der Waals surface area contributed by atoms with Crippen molar-refractivity contribution in [1.82, 2.24) is 20.0 Å². The van der Waals surface area contributed by atoms with E-state index in [1.807, 2.05) is 36.0 Å². The largest absolute Gasteiger partial charge is 0.383 e. The smallest absolute Gasteiger partial charge is 0.110 e. The van der Waals surface area contributed by atoms with Crippen LogP contribution < -0.4 is 10.6 Å². The Hall–Kier alpha value is -4.94. The first-order valence-electron chi connectivity index (χ1n) is 14.4. The normalized spacial score (nSPS) is 16.2. The zero-order valence-corrected chi connectivity index (χ0v) is 24.4. The molecule has 2 fully saturated rings. The average molecular weight is 556 g/mol. The van der Waals surface area contributed by atoms with Crippen LogP contribution in [0.4, 0.5) is 11.4 Å². The van der Waals surface area contributed by atoms with Crippen molar-refractivity contribution < 1.29 is 0 Å². The van der Waals surface area contributed by atoms with E-state index < -0.39 is 6.04 Å². The first kappa shape index (κ1) is 27.2. The van der Waals surface area contributed by atoms with Gasteiger partial charge < -0.3 is 10.6 Å². The van der Waals surface area contributed by atoms with Crippen molar-refractivity contribution in [3.63, 3.8) is 0 Å². The van der Waals surface area contributed by atoms with Gasteiger partial charge in [-0.3, -0.25) is 4.98 Å². The molecule has 2 aliphatic carbocycles. The van der Waals surface area contributed by atoms with E-state index in [0.717, 1.165) is 29.7 Å².